The number of rotatable bonds is 4. The van der Waals surface area contributed by atoms with Crippen molar-refractivity contribution in [2.24, 2.45) is 11.8 Å². The quantitative estimate of drug-likeness (QED) is 0.721. The highest BCUT2D eigenvalue weighted by Gasteiger charge is 2.67. The smallest absolute Gasteiger partial charge is 0.230 e. The second-order valence-corrected chi connectivity index (χ2v) is 9.06. The molecule has 0 N–H and O–H groups in total. The number of benzene rings is 1. The highest BCUT2D eigenvalue weighted by molar-refractivity contribution is 5.93. The van der Waals surface area contributed by atoms with Crippen LogP contribution >= 0.6 is 0 Å². The molecule has 6 heteroatoms. The van der Waals surface area contributed by atoms with E-state index in [9.17, 15) is 9.59 Å². The minimum atomic E-state index is -0.674. The molecule has 5 heterocycles. The maximum atomic E-state index is 13.8. The molecule has 2 aromatic rings. The molecule has 1 aromatic carbocycles. The van der Waals surface area contributed by atoms with E-state index >= 15 is 0 Å². The van der Waals surface area contributed by atoms with Crippen molar-refractivity contribution in [3.63, 3.8) is 0 Å². The van der Waals surface area contributed by atoms with Gasteiger partial charge in [0, 0.05) is 25.5 Å². The maximum Gasteiger partial charge on any atom is 0.230 e. The Morgan fingerprint density at radius 3 is 2.87 bits per heavy atom. The summed E-state index contributed by atoms with van der Waals surface area (Å²) in [5.41, 5.74) is 1.47. The van der Waals surface area contributed by atoms with Gasteiger partial charge in [-0.3, -0.25) is 14.6 Å². The molecule has 3 fully saturated rings. The second-order valence-electron chi connectivity index (χ2n) is 9.06. The molecule has 4 aliphatic rings. The normalized spacial score (nSPS) is 33.4. The zero-order valence-electron chi connectivity index (χ0n) is 17.3. The summed E-state index contributed by atoms with van der Waals surface area (Å²) in [7, 11) is 0. The van der Waals surface area contributed by atoms with Crippen molar-refractivity contribution in [3.05, 3.63) is 78.1 Å². The van der Waals surface area contributed by atoms with Gasteiger partial charge in [0.15, 0.2) is 0 Å². The second kappa shape index (κ2) is 7.02. The van der Waals surface area contributed by atoms with Crippen LogP contribution in [0.25, 0.3) is 0 Å². The predicted molar refractivity (Wildman–Crippen MR) is 114 cm³/mol. The molecule has 31 heavy (non-hydrogen) atoms. The van der Waals surface area contributed by atoms with E-state index in [2.05, 4.69) is 17.1 Å². The number of ether oxygens (including phenoxy) is 1. The van der Waals surface area contributed by atoms with Gasteiger partial charge in [0.25, 0.3) is 0 Å². The van der Waals surface area contributed by atoms with Crippen LogP contribution < -0.4 is 0 Å². The number of amides is 2. The SMILES string of the molecule is O=C1C2C(C(=O)N3CCCC3c3ccccc3)[C@H]3C=C[C@]2(CN1Cc1cccnc1)O3. The van der Waals surface area contributed by atoms with Crippen LogP contribution in [0, 0.1) is 11.8 Å². The maximum absolute atomic E-state index is 13.8. The van der Waals surface area contributed by atoms with Gasteiger partial charge in [-0.05, 0) is 30.0 Å². The molecular formula is C25H25N3O3. The summed E-state index contributed by atoms with van der Waals surface area (Å²) < 4.78 is 6.32. The summed E-state index contributed by atoms with van der Waals surface area (Å²) in [6.45, 7) is 1.72. The van der Waals surface area contributed by atoms with Crippen molar-refractivity contribution in [1.82, 2.24) is 14.8 Å². The van der Waals surface area contributed by atoms with Gasteiger partial charge in [0.05, 0.1) is 30.5 Å². The van der Waals surface area contributed by atoms with Crippen molar-refractivity contribution in [3.8, 4) is 0 Å². The van der Waals surface area contributed by atoms with E-state index in [1.165, 1.54) is 5.56 Å². The van der Waals surface area contributed by atoms with Gasteiger partial charge in [-0.1, -0.05) is 48.6 Å². The molecule has 5 atom stereocenters. The van der Waals surface area contributed by atoms with Gasteiger partial charge in [-0.2, -0.15) is 0 Å². The Labute approximate surface area is 181 Å². The third kappa shape index (κ3) is 2.85. The van der Waals surface area contributed by atoms with Gasteiger partial charge >= 0.3 is 0 Å². The van der Waals surface area contributed by atoms with E-state index in [-0.39, 0.29) is 24.0 Å². The predicted octanol–water partition coefficient (Wildman–Crippen LogP) is 2.73. The Morgan fingerprint density at radius 1 is 1.19 bits per heavy atom. The molecule has 0 radical (unpaired) electrons. The number of hydrogen-bond donors (Lipinski definition) is 0. The van der Waals surface area contributed by atoms with Crippen LogP contribution in [0.4, 0.5) is 0 Å². The average molecular weight is 415 g/mol. The fraction of sp³-hybridized carbons (Fsp3) is 0.400. The van der Waals surface area contributed by atoms with Crippen molar-refractivity contribution >= 4 is 11.8 Å². The molecule has 2 bridgehead atoms. The van der Waals surface area contributed by atoms with Crippen LogP contribution in [0.1, 0.15) is 30.0 Å². The lowest BCUT2D eigenvalue weighted by atomic mass is 9.76. The lowest BCUT2D eigenvalue weighted by molar-refractivity contribution is -0.144. The Hall–Kier alpha value is -2.99. The first-order valence-electron chi connectivity index (χ1n) is 11.1. The summed E-state index contributed by atoms with van der Waals surface area (Å²) in [4.78, 5) is 35.3. The van der Waals surface area contributed by atoms with Crippen LogP contribution in [0.2, 0.25) is 0 Å². The molecule has 1 spiro atoms. The fourth-order valence-electron chi connectivity index (χ4n) is 5.95. The topological polar surface area (TPSA) is 62.7 Å². The van der Waals surface area contributed by atoms with Gasteiger partial charge in [0.1, 0.15) is 5.60 Å². The van der Waals surface area contributed by atoms with Gasteiger partial charge in [-0.15, -0.1) is 0 Å². The number of fused-ring (bicyclic) bond motifs is 1. The molecule has 6 nitrogen and oxygen atoms in total. The van der Waals surface area contributed by atoms with Crippen molar-refractivity contribution in [2.45, 2.75) is 37.1 Å². The first-order chi connectivity index (χ1) is 15.2. The molecule has 158 valence electrons. The Balaban J connectivity index is 1.27. The van der Waals surface area contributed by atoms with Crippen LogP contribution in [-0.2, 0) is 20.9 Å². The Kier molecular flexibility index (Phi) is 4.25. The van der Waals surface area contributed by atoms with E-state index < -0.39 is 17.4 Å². The Bertz CT molecular complexity index is 1040. The molecule has 6 rings (SSSR count). The monoisotopic (exact) mass is 415 g/mol. The first kappa shape index (κ1) is 18.8. The minimum absolute atomic E-state index is 0.0181. The van der Waals surface area contributed by atoms with Crippen LogP contribution in [0.3, 0.4) is 0 Å². The summed E-state index contributed by atoms with van der Waals surface area (Å²) >= 11 is 0. The fourth-order valence-corrected chi connectivity index (χ4v) is 5.95. The molecule has 3 saturated heterocycles. The molecule has 4 aliphatic heterocycles. The molecule has 2 amide bonds. The first-order valence-corrected chi connectivity index (χ1v) is 11.1. The lowest BCUT2D eigenvalue weighted by Crippen LogP contribution is -2.45. The summed E-state index contributed by atoms with van der Waals surface area (Å²) in [5, 5.41) is 0. The third-order valence-corrected chi connectivity index (χ3v) is 7.28. The number of carbonyl (C=O) groups excluding carboxylic acids is 2. The van der Waals surface area contributed by atoms with Crippen LogP contribution in [0.15, 0.2) is 67.0 Å². The van der Waals surface area contributed by atoms with E-state index in [4.69, 9.17) is 4.74 Å². The largest absolute Gasteiger partial charge is 0.360 e. The minimum Gasteiger partial charge on any atom is -0.360 e. The number of nitrogens with zero attached hydrogens (tertiary/aromatic N) is 3. The van der Waals surface area contributed by atoms with Gasteiger partial charge in [0.2, 0.25) is 11.8 Å². The number of likely N-dealkylation sites (tertiary alicyclic amines) is 2. The van der Waals surface area contributed by atoms with Crippen molar-refractivity contribution < 1.29 is 14.3 Å². The van der Waals surface area contributed by atoms with E-state index in [0.29, 0.717) is 13.1 Å². The standard InChI is InChI=1S/C25H25N3O3/c29-23(28-13-5-9-19(28)18-7-2-1-3-8-18)21-20-10-11-25(31-20)16-27(24(30)22(21)25)15-17-6-4-12-26-14-17/h1-4,6-8,10-12,14,19-22H,5,9,13,15-16H2/t19?,20-,21?,22?,25-/m1/s1. The summed E-state index contributed by atoms with van der Waals surface area (Å²) in [5.74, 6) is -0.807. The number of aromatic nitrogens is 1. The summed E-state index contributed by atoms with van der Waals surface area (Å²) in [6.07, 6.45) is 9.16. The highest BCUT2D eigenvalue weighted by Crippen LogP contribution is 2.53. The average Bonchev–Trinajstić information content (AvgIpc) is 3.56. The number of carbonyl (C=O) groups is 2. The Morgan fingerprint density at radius 2 is 2.06 bits per heavy atom. The van der Waals surface area contributed by atoms with Crippen LogP contribution in [-0.4, -0.2) is 51.4 Å². The molecular weight excluding hydrogens is 390 g/mol. The van der Waals surface area contributed by atoms with Crippen molar-refractivity contribution in [1.29, 1.82) is 0 Å². The molecule has 1 aromatic heterocycles. The van der Waals surface area contributed by atoms with E-state index in [0.717, 1.165) is 24.9 Å². The van der Waals surface area contributed by atoms with Crippen molar-refractivity contribution in [2.75, 3.05) is 13.1 Å². The molecule has 0 saturated carbocycles. The number of pyridine rings is 1. The lowest BCUT2D eigenvalue weighted by Gasteiger charge is -2.31. The molecule has 0 aliphatic carbocycles. The highest BCUT2D eigenvalue weighted by atomic mass is 16.5. The third-order valence-electron chi connectivity index (χ3n) is 7.28. The van der Waals surface area contributed by atoms with Gasteiger partial charge < -0.3 is 14.5 Å². The van der Waals surface area contributed by atoms with Gasteiger partial charge in [-0.25, -0.2) is 0 Å². The van der Waals surface area contributed by atoms with Crippen LogP contribution in [0.5, 0.6) is 0 Å². The number of hydrogen-bond acceptors (Lipinski definition) is 4. The zero-order valence-corrected chi connectivity index (χ0v) is 17.3. The zero-order chi connectivity index (χ0) is 21.0. The van der Waals surface area contributed by atoms with E-state index in [1.807, 2.05) is 52.3 Å². The summed E-state index contributed by atoms with van der Waals surface area (Å²) in [6, 6.07) is 14.1. The molecule has 3 unspecified atom stereocenters. The van der Waals surface area contributed by atoms with E-state index in [1.54, 1.807) is 12.4 Å².